The van der Waals surface area contributed by atoms with Gasteiger partial charge >= 0.3 is 5.91 Å². The molecule has 228 valence electrons. The van der Waals surface area contributed by atoms with Gasteiger partial charge in [-0.15, -0.1) is 0 Å². The van der Waals surface area contributed by atoms with Crippen LogP contribution in [-0.2, 0) is 16.2 Å². The minimum Gasteiger partial charge on any atom is -0.507 e. The van der Waals surface area contributed by atoms with Gasteiger partial charge in [-0.05, 0) is 73.9 Å². The number of benzene rings is 4. The normalized spacial score (nSPS) is 15.9. The number of nitrogens with zero attached hydrogens (tertiary/aromatic N) is 2. The summed E-state index contributed by atoms with van der Waals surface area (Å²) in [5.74, 6) is -0.212. The smallest absolute Gasteiger partial charge is 0.301 e. The predicted octanol–water partition coefficient (Wildman–Crippen LogP) is 7.53. The van der Waals surface area contributed by atoms with Gasteiger partial charge in [0.25, 0.3) is 5.78 Å². The summed E-state index contributed by atoms with van der Waals surface area (Å²) in [5, 5.41) is 12.1. The van der Waals surface area contributed by atoms with Crippen LogP contribution >= 0.6 is 11.3 Å². The molecule has 45 heavy (non-hydrogen) atoms. The second-order valence-electron chi connectivity index (χ2n) is 10.7. The molecule has 1 saturated heterocycles. The lowest BCUT2D eigenvalue weighted by Gasteiger charge is -2.24. The van der Waals surface area contributed by atoms with Crippen LogP contribution in [0.25, 0.3) is 16.0 Å². The molecule has 1 atom stereocenters. The molecule has 1 aliphatic rings. The maximum Gasteiger partial charge on any atom is 0.301 e. The van der Waals surface area contributed by atoms with Gasteiger partial charge in [0, 0.05) is 5.56 Å². The molecule has 1 unspecified atom stereocenters. The fourth-order valence-corrected chi connectivity index (χ4v) is 6.46. The van der Waals surface area contributed by atoms with Crippen LogP contribution in [0, 0.1) is 13.8 Å². The van der Waals surface area contributed by atoms with Crippen LogP contribution in [0.15, 0.2) is 90.5 Å². The van der Waals surface area contributed by atoms with Crippen molar-refractivity contribution in [2.75, 3.05) is 18.6 Å². The minimum atomic E-state index is -0.978. The number of anilines is 1. The molecule has 1 aromatic heterocycles. The van der Waals surface area contributed by atoms with E-state index in [1.807, 2.05) is 87.5 Å². The molecule has 9 heteroatoms. The Hall–Kier alpha value is -5.15. The second-order valence-corrected chi connectivity index (χ2v) is 11.7. The lowest BCUT2D eigenvalue weighted by atomic mass is 9.93. The van der Waals surface area contributed by atoms with Crippen LogP contribution in [0.2, 0.25) is 0 Å². The number of aromatic nitrogens is 1. The predicted molar refractivity (Wildman–Crippen MR) is 175 cm³/mol. The van der Waals surface area contributed by atoms with Crippen LogP contribution in [0.5, 0.6) is 17.2 Å². The van der Waals surface area contributed by atoms with E-state index in [1.54, 1.807) is 18.2 Å². The maximum absolute atomic E-state index is 13.8. The average Bonchev–Trinajstić information content (AvgIpc) is 3.58. The number of fused-ring (bicyclic) bond motifs is 1. The van der Waals surface area contributed by atoms with Gasteiger partial charge in [0.05, 0.1) is 35.5 Å². The van der Waals surface area contributed by atoms with E-state index in [-0.39, 0.29) is 11.3 Å². The van der Waals surface area contributed by atoms with Gasteiger partial charge < -0.3 is 19.3 Å². The fraction of sp³-hybridized carbons (Fsp3) is 0.194. The highest BCUT2D eigenvalue weighted by atomic mass is 32.1. The van der Waals surface area contributed by atoms with Crippen LogP contribution in [-0.4, -0.2) is 35.5 Å². The Morgan fingerprint density at radius 1 is 0.933 bits per heavy atom. The first-order valence-corrected chi connectivity index (χ1v) is 15.4. The Kier molecular flexibility index (Phi) is 8.28. The first kappa shape index (κ1) is 29.9. The van der Waals surface area contributed by atoms with Crippen molar-refractivity contribution in [1.29, 1.82) is 0 Å². The fourth-order valence-electron chi connectivity index (χ4n) is 5.44. The van der Waals surface area contributed by atoms with Gasteiger partial charge in [-0.25, -0.2) is 4.98 Å². The zero-order valence-electron chi connectivity index (χ0n) is 25.4. The molecule has 0 saturated carbocycles. The lowest BCUT2D eigenvalue weighted by Crippen LogP contribution is -2.29. The molecule has 1 aliphatic heterocycles. The first-order chi connectivity index (χ1) is 21.8. The zero-order chi connectivity index (χ0) is 31.7. The van der Waals surface area contributed by atoms with Crippen molar-refractivity contribution in [1.82, 2.24) is 4.98 Å². The number of aliphatic hydroxyl groups excluding tert-OH is 1. The van der Waals surface area contributed by atoms with E-state index in [0.717, 1.165) is 21.4 Å². The number of hydrogen-bond donors (Lipinski definition) is 1. The molecule has 0 aliphatic carbocycles. The third-order valence-electron chi connectivity index (χ3n) is 7.70. The number of aliphatic hydroxyl groups is 1. The third kappa shape index (κ3) is 5.74. The number of carbonyl (C=O) groups is 2. The highest BCUT2D eigenvalue weighted by molar-refractivity contribution is 7.22. The summed E-state index contributed by atoms with van der Waals surface area (Å²) in [6, 6.07) is 25.2. The van der Waals surface area contributed by atoms with E-state index in [4.69, 9.17) is 19.2 Å². The Bertz CT molecular complexity index is 1950. The number of hydrogen-bond acceptors (Lipinski definition) is 8. The van der Waals surface area contributed by atoms with Gasteiger partial charge in [0.15, 0.2) is 16.6 Å². The monoisotopic (exact) mass is 620 g/mol. The largest absolute Gasteiger partial charge is 0.507 e. The van der Waals surface area contributed by atoms with Crippen molar-refractivity contribution in [3.05, 3.63) is 118 Å². The Labute approximate surface area is 265 Å². The topological polar surface area (TPSA) is 98.2 Å². The highest BCUT2D eigenvalue weighted by Crippen LogP contribution is 2.46. The molecule has 8 nitrogen and oxygen atoms in total. The molecule has 0 spiro atoms. The summed E-state index contributed by atoms with van der Waals surface area (Å²) in [7, 11) is 1.53. The van der Waals surface area contributed by atoms with Crippen LogP contribution in [0.1, 0.15) is 40.8 Å². The van der Waals surface area contributed by atoms with Gasteiger partial charge in [-0.2, -0.15) is 0 Å². The van der Waals surface area contributed by atoms with Crippen molar-refractivity contribution >= 4 is 44.1 Å². The average molecular weight is 621 g/mol. The van der Waals surface area contributed by atoms with Gasteiger partial charge in [-0.3, -0.25) is 14.5 Å². The number of amides is 1. The minimum absolute atomic E-state index is 0.0250. The van der Waals surface area contributed by atoms with Crippen molar-refractivity contribution < 1.29 is 28.9 Å². The highest BCUT2D eigenvalue weighted by Gasteiger charge is 2.48. The van der Waals surface area contributed by atoms with E-state index >= 15 is 0 Å². The third-order valence-corrected chi connectivity index (χ3v) is 8.72. The summed E-state index contributed by atoms with van der Waals surface area (Å²) in [6.45, 7) is 6.51. The molecule has 6 rings (SSSR count). The number of ether oxygens (including phenoxy) is 3. The van der Waals surface area contributed by atoms with Crippen molar-refractivity contribution in [2.45, 2.75) is 33.4 Å². The molecule has 0 radical (unpaired) electrons. The first-order valence-electron chi connectivity index (χ1n) is 14.6. The van der Waals surface area contributed by atoms with E-state index < -0.39 is 17.7 Å². The number of methoxy groups -OCH3 is 1. The lowest BCUT2D eigenvalue weighted by molar-refractivity contribution is -0.132. The van der Waals surface area contributed by atoms with Crippen LogP contribution < -0.4 is 19.1 Å². The molecule has 5 aromatic rings. The molecular formula is C36H32N2O6S. The van der Waals surface area contributed by atoms with E-state index in [0.29, 0.717) is 52.2 Å². The van der Waals surface area contributed by atoms with Crippen molar-refractivity contribution in [2.24, 2.45) is 0 Å². The van der Waals surface area contributed by atoms with E-state index in [1.165, 1.54) is 23.3 Å². The molecular weight excluding hydrogens is 588 g/mol. The van der Waals surface area contributed by atoms with Gasteiger partial charge in [0.2, 0.25) is 0 Å². The standard InChI is InChI=1S/C36H32N2O6S/c1-5-43-25-14-15-27-30(19-25)45-36(37-27)38-32(31(34(40)35(38)41)33(39)26-17-21(2)11-12-22(26)3)24-13-16-28(29(18-24)42-4)44-20-23-9-7-6-8-10-23/h6-19,32,39H,5,20H2,1-4H3. The van der Waals surface area contributed by atoms with E-state index in [2.05, 4.69) is 0 Å². The molecule has 0 bridgehead atoms. The summed E-state index contributed by atoms with van der Waals surface area (Å²) in [4.78, 5) is 33.7. The van der Waals surface area contributed by atoms with E-state index in [9.17, 15) is 14.7 Å². The summed E-state index contributed by atoms with van der Waals surface area (Å²) in [6.07, 6.45) is 0. The molecule has 1 fully saturated rings. The molecule has 2 heterocycles. The summed E-state index contributed by atoms with van der Waals surface area (Å²) >= 11 is 1.27. The zero-order valence-corrected chi connectivity index (χ0v) is 26.2. The number of carbonyl (C=O) groups excluding carboxylic acids is 2. The number of rotatable bonds is 9. The Balaban J connectivity index is 1.49. The van der Waals surface area contributed by atoms with Gasteiger partial charge in [-0.1, -0.05) is 65.4 Å². The molecule has 1 amide bonds. The van der Waals surface area contributed by atoms with Crippen LogP contribution in [0.4, 0.5) is 5.13 Å². The maximum atomic E-state index is 13.8. The number of thiazole rings is 1. The van der Waals surface area contributed by atoms with Gasteiger partial charge in [0.1, 0.15) is 18.1 Å². The quantitative estimate of drug-likeness (QED) is 0.103. The Morgan fingerprint density at radius 3 is 2.49 bits per heavy atom. The second kappa shape index (κ2) is 12.5. The number of Topliss-reactive ketones (excluding diaryl/α,β-unsaturated/α-hetero) is 1. The Morgan fingerprint density at radius 2 is 1.73 bits per heavy atom. The summed E-state index contributed by atoms with van der Waals surface area (Å²) < 4.78 is 18.2. The van der Waals surface area contributed by atoms with Crippen molar-refractivity contribution in [3.63, 3.8) is 0 Å². The molecule has 4 aromatic carbocycles. The van der Waals surface area contributed by atoms with Crippen molar-refractivity contribution in [3.8, 4) is 17.2 Å². The van der Waals surface area contributed by atoms with Crippen LogP contribution in [0.3, 0.4) is 0 Å². The number of aryl methyl sites for hydroxylation is 2. The molecule has 1 N–H and O–H groups in total. The SMILES string of the molecule is CCOc1ccc2nc(N3C(=O)C(=O)C(=C(O)c4cc(C)ccc4C)C3c3ccc(OCc4ccccc4)c(OC)c3)sc2c1. The number of ketones is 1. The summed E-state index contributed by atoms with van der Waals surface area (Å²) in [5.41, 5.74) is 4.35.